The maximum absolute atomic E-state index is 12.3. The van der Waals surface area contributed by atoms with E-state index in [1.54, 1.807) is 30.3 Å². The van der Waals surface area contributed by atoms with Crippen LogP contribution in [-0.4, -0.2) is 30.8 Å². The Kier molecular flexibility index (Phi) is 4.56. The molecular weight excluding hydrogens is 348 g/mol. The molecule has 0 spiro atoms. The standard InChI is InChI=1S/C15H14N4O3S2/c1-10-18-12-6-5-11(8-13(12)23-10)24(21,22)17-9-15(20)19-14-4-2-3-7-16-14/h2-8,17H,9H2,1H3,(H,16,19,20). The molecule has 0 aliphatic carbocycles. The predicted octanol–water partition coefficient (Wildman–Crippen LogP) is 1.92. The summed E-state index contributed by atoms with van der Waals surface area (Å²) in [7, 11) is -3.78. The Morgan fingerprint density at radius 3 is 2.83 bits per heavy atom. The summed E-state index contributed by atoms with van der Waals surface area (Å²) in [6.45, 7) is 1.48. The number of thiazole rings is 1. The number of rotatable bonds is 5. The van der Waals surface area contributed by atoms with Crippen LogP contribution in [0.1, 0.15) is 5.01 Å². The number of aryl methyl sites for hydroxylation is 1. The lowest BCUT2D eigenvalue weighted by Crippen LogP contribution is -2.33. The van der Waals surface area contributed by atoms with Crippen molar-refractivity contribution in [3.8, 4) is 0 Å². The van der Waals surface area contributed by atoms with Crippen molar-refractivity contribution < 1.29 is 13.2 Å². The number of pyridine rings is 1. The SMILES string of the molecule is Cc1nc2ccc(S(=O)(=O)NCC(=O)Nc3ccccn3)cc2s1. The van der Waals surface area contributed by atoms with Gasteiger partial charge in [-0.05, 0) is 37.3 Å². The number of amides is 1. The van der Waals surface area contributed by atoms with Crippen LogP contribution in [0.15, 0.2) is 47.5 Å². The Hall–Kier alpha value is -2.36. The fourth-order valence-corrected chi connectivity index (χ4v) is 4.00. The van der Waals surface area contributed by atoms with Crippen LogP contribution < -0.4 is 10.0 Å². The summed E-state index contributed by atoms with van der Waals surface area (Å²) in [6, 6.07) is 9.74. The van der Waals surface area contributed by atoms with E-state index in [2.05, 4.69) is 20.0 Å². The van der Waals surface area contributed by atoms with Gasteiger partial charge in [0, 0.05) is 6.20 Å². The summed E-state index contributed by atoms with van der Waals surface area (Å²) < 4.78 is 27.7. The number of hydrogen-bond acceptors (Lipinski definition) is 6. The Morgan fingerprint density at radius 1 is 1.25 bits per heavy atom. The van der Waals surface area contributed by atoms with Gasteiger partial charge in [0.1, 0.15) is 5.82 Å². The lowest BCUT2D eigenvalue weighted by atomic mass is 10.3. The third-order valence-electron chi connectivity index (χ3n) is 3.13. The van der Waals surface area contributed by atoms with Gasteiger partial charge in [0.15, 0.2) is 0 Å². The molecule has 124 valence electrons. The van der Waals surface area contributed by atoms with E-state index in [4.69, 9.17) is 0 Å². The Labute approximate surface area is 142 Å². The van der Waals surface area contributed by atoms with Crippen molar-refractivity contribution in [3.05, 3.63) is 47.6 Å². The molecule has 0 saturated carbocycles. The van der Waals surface area contributed by atoms with Gasteiger partial charge >= 0.3 is 0 Å². The van der Waals surface area contributed by atoms with Crippen molar-refractivity contribution >= 4 is 43.3 Å². The monoisotopic (exact) mass is 362 g/mol. The van der Waals surface area contributed by atoms with Crippen molar-refractivity contribution in [3.63, 3.8) is 0 Å². The van der Waals surface area contributed by atoms with E-state index in [9.17, 15) is 13.2 Å². The van der Waals surface area contributed by atoms with Crippen molar-refractivity contribution in [2.24, 2.45) is 0 Å². The molecule has 0 bridgehead atoms. The van der Waals surface area contributed by atoms with Gasteiger partial charge in [-0.2, -0.15) is 0 Å². The number of sulfonamides is 1. The lowest BCUT2D eigenvalue weighted by molar-refractivity contribution is -0.115. The van der Waals surface area contributed by atoms with Gasteiger partial charge in [-0.1, -0.05) is 6.07 Å². The molecular formula is C15H14N4O3S2. The van der Waals surface area contributed by atoms with Gasteiger partial charge in [0.25, 0.3) is 0 Å². The Bertz CT molecular complexity index is 984. The molecule has 3 rings (SSSR count). The molecule has 0 aliphatic rings. The highest BCUT2D eigenvalue weighted by atomic mass is 32.2. The van der Waals surface area contributed by atoms with Gasteiger partial charge in [-0.15, -0.1) is 11.3 Å². The molecule has 0 aliphatic heterocycles. The number of carbonyl (C=O) groups is 1. The second-order valence-corrected chi connectivity index (χ2v) is 7.95. The molecule has 2 aromatic heterocycles. The van der Waals surface area contributed by atoms with E-state index in [1.807, 2.05) is 6.92 Å². The van der Waals surface area contributed by atoms with Crippen molar-refractivity contribution in [2.75, 3.05) is 11.9 Å². The minimum Gasteiger partial charge on any atom is -0.310 e. The van der Waals surface area contributed by atoms with Gasteiger partial charge in [-0.3, -0.25) is 4.79 Å². The second-order valence-electron chi connectivity index (χ2n) is 4.95. The molecule has 7 nitrogen and oxygen atoms in total. The average molecular weight is 362 g/mol. The van der Waals surface area contributed by atoms with Crippen LogP contribution in [0.2, 0.25) is 0 Å². The molecule has 1 amide bonds. The third-order valence-corrected chi connectivity index (χ3v) is 5.46. The first kappa shape index (κ1) is 16.5. The first-order valence-electron chi connectivity index (χ1n) is 7.02. The zero-order valence-electron chi connectivity index (χ0n) is 12.7. The molecule has 0 atom stereocenters. The minimum atomic E-state index is -3.78. The van der Waals surface area contributed by atoms with E-state index in [-0.39, 0.29) is 11.4 Å². The molecule has 2 N–H and O–H groups in total. The maximum Gasteiger partial charge on any atom is 0.241 e. The topological polar surface area (TPSA) is 101 Å². The zero-order chi connectivity index (χ0) is 17.2. The number of hydrogen-bond donors (Lipinski definition) is 2. The van der Waals surface area contributed by atoms with E-state index in [0.717, 1.165) is 15.2 Å². The van der Waals surface area contributed by atoms with Crippen molar-refractivity contribution in [1.29, 1.82) is 0 Å². The molecule has 0 unspecified atom stereocenters. The summed E-state index contributed by atoms with van der Waals surface area (Å²) >= 11 is 1.42. The number of aromatic nitrogens is 2. The Morgan fingerprint density at radius 2 is 2.08 bits per heavy atom. The van der Waals surface area contributed by atoms with E-state index in [0.29, 0.717) is 5.82 Å². The number of nitrogens with zero attached hydrogens (tertiary/aromatic N) is 2. The normalized spacial score (nSPS) is 11.5. The number of carbonyl (C=O) groups excluding carboxylic acids is 1. The number of benzene rings is 1. The fourth-order valence-electron chi connectivity index (χ4n) is 2.05. The van der Waals surface area contributed by atoms with Crippen LogP contribution >= 0.6 is 11.3 Å². The number of anilines is 1. The molecule has 24 heavy (non-hydrogen) atoms. The van der Waals surface area contributed by atoms with Gasteiger partial charge < -0.3 is 5.32 Å². The molecule has 0 radical (unpaired) electrons. The van der Waals surface area contributed by atoms with E-state index >= 15 is 0 Å². The zero-order valence-corrected chi connectivity index (χ0v) is 14.3. The average Bonchev–Trinajstić information content (AvgIpc) is 2.93. The lowest BCUT2D eigenvalue weighted by Gasteiger charge is -2.07. The molecule has 2 heterocycles. The van der Waals surface area contributed by atoms with Crippen molar-refractivity contribution in [2.45, 2.75) is 11.8 Å². The summed E-state index contributed by atoms with van der Waals surface area (Å²) in [5.74, 6) is -0.129. The van der Waals surface area contributed by atoms with E-state index < -0.39 is 15.9 Å². The van der Waals surface area contributed by atoms with Crippen LogP contribution in [0.3, 0.4) is 0 Å². The number of fused-ring (bicyclic) bond motifs is 1. The molecule has 0 fully saturated rings. The molecule has 3 aromatic rings. The quantitative estimate of drug-likeness (QED) is 0.722. The first-order chi connectivity index (χ1) is 11.4. The number of nitrogens with one attached hydrogen (secondary N) is 2. The largest absolute Gasteiger partial charge is 0.310 e. The summed E-state index contributed by atoms with van der Waals surface area (Å²) in [5, 5.41) is 3.38. The summed E-state index contributed by atoms with van der Waals surface area (Å²) in [6.07, 6.45) is 1.53. The molecule has 0 saturated heterocycles. The molecule has 9 heteroatoms. The van der Waals surface area contributed by atoms with Crippen LogP contribution in [0.25, 0.3) is 10.2 Å². The highest BCUT2D eigenvalue weighted by Crippen LogP contribution is 2.24. The van der Waals surface area contributed by atoms with Crippen LogP contribution in [0, 0.1) is 6.92 Å². The summed E-state index contributed by atoms with van der Waals surface area (Å²) in [5.41, 5.74) is 0.754. The van der Waals surface area contributed by atoms with Gasteiger partial charge in [-0.25, -0.2) is 23.1 Å². The van der Waals surface area contributed by atoms with Crippen LogP contribution in [-0.2, 0) is 14.8 Å². The van der Waals surface area contributed by atoms with Crippen LogP contribution in [0.5, 0.6) is 0 Å². The van der Waals surface area contributed by atoms with Crippen LogP contribution in [0.4, 0.5) is 5.82 Å². The highest BCUT2D eigenvalue weighted by molar-refractivity contribution is 7.89. The fraction of sp³-hybridized carbons (Fsp3) is 0.133. The third kappa shape index (κ3) is 3.75. The van der Waals surface area contributed by atoms with Gasteiger partial charge in [0.2, 0.25) is 15.9 Å². The minimum absolute atomic E-state index is 0.101. The van der Waals surface area contributed by atoms with Crippen molar-refractivity contribution in [1.82, 2.24) is 14.7 Å². The smallest absolute Gasteiger partial charge is 0.241 e. The summed E-state index contributed by atoms with van der Waals surface area (Å²) in [4.78, 5) is 20.2. The highest BCUT2D eigenvalue weighted by Gasteiger charge is 2.17. The van der Waals surface area contributed by atoms with Gasteiger partial charge in [0.05, 0.1) is 26.7 Å². The second kappa shape index (κ2) is 6.63. The first-order valence-corrected chi connectivity index (χ1v) is 9.32. The Balaban J connectivity index is 1.69. The predicted molar refractivity (Wildman–Crippen MR) is 92.4 cm³/mol. The molecule has 1 aromatic carbocycles. The van der Waals surface area contributed by atoms with E-state index in [1.165, 1.54) is 23.6 Å². The maximum atomic E-state index is 12.3.